The maximum Gasteiger partial charge on any atom is 1.00 e. The van der Waals surface area contributed by atoms with Crippen molar-refractivity contribution in [1.29, 1.82) is 0 Å². The number of thiazole rings is 2. The van der Waals surface area contributed by atoms with E-state index in [1.807, 2.05) is 6.92 Å². The number of carbonyl (C=O) groups excluding carboxylic acids is 2. The Bertz CT molecular complexity index is 1230. The normalized spacial score (nSPS) is 10.4. The first-order valence-electron chi connectivity index (χ1n) is 8.52. The van der Waals surface area contributed by atoms with Crippen LogP contribution in [-0.4, -0.2) is 32.0 Å². The van der Waals surface area contributed by atoms with E-state index in [9.17, 15) is 14.7 Å². The largest absolute Gasteiger partial charge is 1.00 e. The third-order valence-corrected chi connectivity index (χ3v) is 5.74. The quantitative estimate of drug-likeness (QED) is 0.377. The second-order valence-electron chi connectivity index (χ2n) is 6.06. The van der Waals surface area contributed by atoms with E-state index in [2.05, 4.69) is 30.8 Å². The number of anilines is 2. The molecule has 0 aliphatic heterocycles. The molecule has 2 N–H and O–H groups in total. The van der Waals surface area contributed by atoms with Crippen LogP contribution in [-0.2, 0) is 4.79 Å². The van der Waals surface area contributed by atoms with Gasteiger partial charge in [-0.2, -0.15) is 0 Å². The Morgan fingerprint density at radius 3 is 2.48 bits per heavy atom. The molecule has 3 aromatic heterocycles. The first-order chi connectivity index (χ1) is 14.4. The van der Waals surface area contributed by atoms with Gasteiger partial charge in [0.1, 0.15) is 5.89 Å². The Kier molecular flexibility index (Phi) is 7.69. The Morgan fingerprint density at radius 2 is 1.84 bits per heavy atom. The minimum absolute atomic E-state index is 0. The third-order valence-electron chi connectivity index (χ3n) is 3.81. The molecule has 10 nitrogen and oxygen atoms in total. The van der Waals surface area contributed by atoms with Crippen LogP contribution in [0.4, 0.5) is 10.8 Å². The SMILES string of the molecule is CC(=O)Nc1nc(C)c(-c2csc(C(=O)Nc3ccc(-c4nnc([O-])o4)cc3)n2)s1.[K+]. The van der Waals surface area contributed by atoms with Crippen LogP contribution in [0.5, 0.6) is 6.08 Å². The van der Waals surface area contributed by atoms with Gasteiger partial charge in [-0.3, -0.25) is 9.59 Å². The number of rotatable bonds is 5. The molecular formula is C18H13KN6O4S2. The summed E-state index contributed by atoms with van der Waals surface area (Å²) in [6, 6.07) is 6.62. The van der Waals surface area contributed by atoms with E-state index in [-0.39, 0.29) is 74.1 Å². The van der Waals surface area contributed by atoms with Crippen LogP contribution in [0.2, 0.25) is 0 Å². The van der Waals surface area contributed by atoms with Crippen LogP contribution in [0, 0.1) is 6.92 Å². The van der Waals surface area contributed by atoms with Gasteiger partial charge in [0.15, 0.2) is 16.2 Å². The molecule has 0 saturated carbocycles. The molecule has 0 spiro atoms. The average molecular weight is 481 g/mol. The second kappa shape index (κ2) is 10.1. The standard InChI is InChI=1S/C18H14N6O4S2.K/c1-8-13(30-17(19-8)20-9(2)25)12-7-29-16(22-12)14(26)21-11-5-3-10(4-6-11)15-23-24-18(27)28-15;/h3-7H,1-2H3,(H,21,26)(H,24,27)(H,19,20,25);/q;+1/p-1. The van der Waals surface area contributed by atoms with Gasteiger partial charge in [-0.05, 0) is 19.1 Å². The number of benzene rings is 1. The minimum Gasteiger partial charge on any atom is -0.548 e. The number of hydrogen-bond donors (Lipinski definition) is 2. The molecule has 3 heterocycles. The number of aromatic nitrogens is 4. The molecule has 4 rings (SSSR count). The van der Waals surface area contributed by atoms with Gasteiger partial charge in [-0.1, -0.05) is 23.5 Å². The fourth-order valence-corrected chi connectivity index (χ4v) is 4.28. The molecule has 0 atom stereocenters. The molecule has 1 aromatic carbocycles. The Balaban J connectivity index is 0.00000272. The molecule has 2 amide bonds. The van der Waals surface area contributed by atoms with E-state index in [1.54, 1.807) is 29.6 Å². The van der Waals surface area contributed by atoms with Gasteiger partial charge in [0.05, 0.1) is 16.3 Å². The number of nitrogens with zero attached hydrogens (tertiary/aromatic N) is 4. The zero-order valence-corrected chi connectivity index (χ0v) is 21.4. The van der Waals surface area contributed by atoms with E-state index in [0.717, 1.165) is 10.6 Å². The summed E-state index contributed by atoms with van der Waals surface area (Å²) in [6.07, 6.45) is -0.762. The van der Waals surface area contributed by atoms with Crippen molar-refractivity contribution in [2.24, 2.45) is 0 Å². The number of nitrogens with one attached hydrogen (secondary N) is 2. The maximum absolute atomic E-state index is 12.5. The summed E-state index contributed by atoms with van der Waals surface area (Å²) < 4.78 is 4.84. The summed E-state index contributed by atoms with van der Waals surface area (Å²) in [6.45, 7) is 3.23. The van der Waals surface area contributed by atoms with Gasteiger partial charge in [0.2, 0.25) is 5.91 Å². The molecular weight excluding hydrogens is 467 g/mol. The summed E-state index contributed by atoms with van der Waals surface area (Å²) >= 11 is 2.51. The van der Waals surface area contributed by atoms with Crippen LogP contribution >= 0.6 is 22.7 Å². The summed E-state index contributed by atoms with van der Waals surface area (Å²) in [5.41, 5.74) is 2.45. The molecule has 0 saturated heterocycles. The van der Waals surface area contributed by atoms with Gasteiger partial charge in [-0.25, -0.2) is 9.97 Å². The zero-order valence-electron chi connectivity index (χ0n) is 16.6. The molecule has 0 fully saturated rings. The number of carbonyl (C=O) groups is 2. The van der Waals surface area contributed by atoms with Gasteiger partial charge in [-0.15, -0.1) is 21.5 Å². The molecule has 0 aliphatic rings. The molecule has 152 valence electrons. The summed E-state index contributed by atoms with van der Waals surface area (Å²) in [7, 11) is 0. The second-order valence-corrected chi connectivity index (χ2v) is 7.91. The number of hydrogen-bond acceptors (Lipinski definition) is 10. The van der Waals surface area contributed by atoms with Crippen molar-refractivity contribution in [2.45, 2.75) is 13.8 Å². The van der Waals surface area contributed by atoms with Crippen molar-refractivity contribution in [3.8, 4) is 28.1 Å². The van der Waals surface area contributed by atoms with Gasteiger partial charge in [0.25, 0.3) is 5.91 Å². The van der Waals surface area contributed by atoms with Gasteiger partial charge >= 0.3 is 51.4 Å². The fourth-order valence-electron chi connectivity index (χ4n) is 2.53. The molecule has 0 aliphatic carbocycles. The van der Waals surface area contributed by atoms with E-state index in [0.29, 0.717) is 22.1 Å². The Hall–Kier alpha value is -2.00. The predicted octanol–water partition coefficient (Wildman–Crippen LogP) is -0.0867. The predicted molar refractivity (Wildman–Crippen MR) is 109 cm³/mol. The number of aryl methyl sites for hydroxylation is 1. The zero-order chi connectivity index (χ0) is 21.3. The summed E-state index contributed by atoms with van der Waals surface area (Å²) in [5, 5.41) is 25.8. The third kappa shape index (κ3) is 5.63. The first-order valence-corrected chi connectivity index (χ1v) is 10.2. The van der Waals surface area contributed by atoms with Crippen LogP contribution in [0.25, 0.3) is 22.0 Å². The van der Waals surface area contributed by atoms with Crippen LogP contribution < -0.4 is 67.1 Å². The number of amides is 2. The minimum atomic E-state index is -0.762. The van der Waals surface area contributed by atoms with Crippen molar-refractivity contribution in [1.82, 2.24) is 20.2 Å². The molecule has 0 bridgehead atoms. The molecule has 31 heavy (non-hydrogen) atoms. The topological polar surface area (TPSA) is 146 Å². The van der Waals surface area contributed by atoms with E-state index in [4.69, 9.17) is 4.42 Å². The van der Waals surface area contributed by atoms with Gasteiger partial charge in [0, 0.05) is 23.6 Å². The average Bonchev–Trinajstić information content (AvgIpc) is 3.42. The van der Waals surface area contributed by atoms with Crippen molar-refractivity contribution < 1.29 is 70.5 Å². The smallest absolute Gasteiger partial charge is 0.548 e. The summed E-state index contributed by atoms with van der Waals surface area (Å²) in [4.78, 5) is 33.2. The maximum atomic E-state index is 12.5. The van der Waals surface area contributed by atoms with Crippen LogP contribution in [0.3, 0.4) is 0 Å². The van der Waals surface area contributed by atoms with Crippen molar-refractivity contribution >= 4 is 45.3 Å². The van der Waals surface area contributed by atoms with Crippen LogP contribution in [0.15, 0.2) is 34.1 Å². The molecule has 4 aromatic rings. The van der Waals surface area contributed by atoms with E-state index in [1.165, 1.54) is 29.6 Å². The Morgan fingerprint density at radius 1 is 1.10 bits per heavy atom. The Labute approximate surface area is 226 Å². The van der Waals surface area contributed by atoms with Crippen molar-refractivity contribution in [3.63, 3.8) is 0 Å². The van der Waals surface area contributed by atoms with E-state index < -0.39 is 6.08 Å². The van der Waals surface area contributed by atoms with E-state index >= 15 is 0 Å². The molecule has 13 heteroatoms. The van der Waals surface area contributed by atoms with Crippen molar-refractivity contribution in [3.05, 3.63) is 40.3 Å². The van der Waals surface area contributed by atoms with Gasteiger partial charge < -0.3 is 20.2 Å². The molecule has 0 radical (unpaired) electrons. The fraction of sp³-hybridized carbons (Fsp3) is 0.111. The molecule has 0 unspecified atom stereocenters. The monoisotopic (exact) mass is 480 g/mol. The van der Waals surface area contributed by atoms with Crippen molar-refractivity contribution in [2.75, 3.05) is 10.6 Å². The first kappa shape index (κ1) is 23.7. The van der Waals surface area contributed by atoms with Crippen LogP contribution in [0.1, 0.15) is 22.4 Å². The summed E-state index contributed by atoms with van der Waals surface area (Å²) in [5.74, 6) is -0.448.